The quantitative estimate of drug-likeness (QED) is 0.696. The van der Waals surface area contributed by atoms with E-state index >= 15 is 0 Å². The summed E-state index contributed by atoms with van der Waals surface area (Å²) in [6, 6.07) is 18.6. The maximum Gasteiger partial charge on any atom is 0.255 e. The highest BCUT2D eigenvalue weighted by molar-refractivity contribution is 6.01. The highest BCUT2D eigenvalue weighted by Crippen LogP contribution is 2.37. The van der Waals surface area contributed by atoms with Crippen molar-refractivity contribution in [3.8, 4) is 0 Å². The van der Waals surface area contributed by atoms with Crippen LogP contribution in [0.4, 0.5) is 10.1 Å². The summed E-state index contributed by atoms with van der Waals surface area (Å²) in [6.45, 7) is 3.82. The minimum Gasteiger partial charge on any atom is -0.324 e. The van der Waals surface area contributed by atoms with Crippen molar-refractivity contribution in [1.82, 2.24) is 4.90 Å². The molecule has 29 heavy (non-hydrogen) atoms. The van der Waals surface area contributed by atoms with Crippen LogP contribution in [0.2, 0.25) is 0 Å². The molecule has 3 aromatic rings. The summed E-state index contributed by atoms with van der Waals surface area (Å²) < 4.78 is 13.6. The van der Waals surface area contributed by atoms with Crippen LogP contribution in [-0.2, 0) is 4.79 Å². The van der Waals surface area contributed by atoms with Crippen LogP contribution in [0, 0.1) is 19.7 Å². The van der Waals surface area contributed by atoms with Crippen LogP contribution in [-0.4, -0.2) is 23.3 Å². The SMILES string of the molecule is Cc1ccc(C(=O)N2CC(=O)Nc3ccc(C)cc3[C@@H]2c2ccc(F)cc2)cc1. The van der Waals surface area contributed by atoms with Gasteiger partial charge in [-0.05, 0) is 49.7 Å². The standard InChI is InChI=1S/C24H21FN2O2/c1-15-3-6-18(7-4-15)24(29)27-14-22(28)26-21-12-5-16(2)13-20(21)23(27)17-8-10-19(25)11-9-17/h3-13,23H,14H2,1-2H3,(H,26,28)/t23-/m0/s1. The van der Waals surface area contributed by atoms with Gasteiger partial charge in [0.15, 0.2) is 0 Å². The minimum absolute atomic E-state index is 0.0948. The van der Waals surface area contributed by atoms with Crippen molar-refractivity contribution in [2.45, 2.75) is 19.9 Å². The average molecular weight is 388 g/mol. The summed E-state index contributed by atoms with van der Waals surface area (Å²) in [7, 11) is 0. The van der Waals surface area contributed by atoms with E-state index in [-0.39, 0.29) is 24.2 Å². The zero-order valence-corrected chi connectivity index (χ0v) is 16.3. The van der Waals surface area contributed by atoms with Gasteiger partial charge in [-0.3, -0.25) is 9.59 Å². The number of nitrogens with one attached hydrogen (secondary N) is 1. The Hall–Kier alpha value is -3.47. The van der Waals surface area contributed by atoms with Gasteiger partial charge >= 0.3 is 0 Å². The van der Waals surface area contributed by atoms with Crippen LogP contribution < -0.4 is 5.32 Å². The van der Waals surface area contributed by atoms with Crippen molar-refractivity contribution in [2.75, 3.05) is 11.9 Å². The number of amides is 2. The molecule has 0 radical (unpaired) electrons. The molecule has 4 nitrogen and oxygen atoms in total. The molecule has 0 bridgehead atoms. The number of carbonyl (C=O) groups excluding carboxylic acids is 2. The van der Waals surface area contributed by atoms with E-state index in [9.17, 15) is 14.0 Å². The number of aryl methyl sites for hydroxylation is 2. The Balaban J connectivity index is 1.88. The zero-order chi connectivity index (χ0) is 20.5. The van der Waals surface area contributed by atoms with Gasteiger partial charge in [-0.1, -0.05) is 47.5 Å². The lowest BCUT2D eigenvalue weighted by Gasteiger charge is -2.31. The van der Waals surface area contributed by atoms with Gasteiger partial charge in [0.1, 0.15) is 12.4 Å². The third-order valence-electron chi connectivity index (χ3n) is 5.15. The Morgan fingerprint density at radius 1 is 0.966 bits per heavy atom. The second kappa shape index (κ2) is 7.51. The molecule has 0 aromatic heterocycles. The summed E-state index contributed by atoms with van der Waals surface area (Å²) in [6.07, 6.45) is 0. The number of anilines is 1. The Kier molecular flexibility index (Phi) is 4.89. The predicted molar refractivity (Wildman–Crippen MR) is 110 cm³/mol. The molecule has 0 spiro atoms. The zero-order valence-electron chi connectivity index (χ0n) is 16.3. The molecule has 0 unspecified atom stereocenters. The van der Waals surface area contributed by atoms with Gasteiger partial charge in [0.05, 0.1) is 6.04 Å². The second-order valence-electron chi connectivity index (χ2n) is 7.39. The minimum atomic E-state index is -0.516. The molecule has 1 atom stereocenters. The number of hydrogen-bond donors (Lipinski definition) is 1. The normalized spacial score (nSPS) is 16.0. The van der Waals surface area contributed by atoms with Crippen LogP contribution in [0.5, 0.6) is 0 Å². The highest BCUT2D eigenvalue weighted by Gasteiger charge is 2.34. The summed E-state index contributed by atoms with van der Waals surface area (Å²) in [5, 5.41) is 2.90. The molecule has 0 fully saturated rings. The molecule has 3 aromatic carbocycles. The number of rotatable bonds is 2. The van der Waals surface area contributed by atoms with Gasteiger partial charge in [0.25, 0.3) is 5.91 Å². The molecule has 1 aliphatic rings. The van der Waals surface area contributed by atoms with Gasteiger partial charge in [-0.25, -0.2) is 4.39 Å². The van der Waals surface area contributed by atoms with Crippen LogP contribution in [0.15, 0.2) is 66.7 Å². The third-order valence-corrected chi connectivity index (χ3v) is 5.15. The lowest BCUT2D eigenvalue weighted by atomic mass is 9.94. The molecule has 0 saturated heterocycles. The fourth-order valence-electron chi connectivity index (χ4n) is 3.68. The maximum atomic E-state index is 13.6. The van der Waals surface area contributed by atoms with E-state index in [1.807, 2.05) is 44.2 Å². The van der Waals surface area contributed by atoms with Crippen molar-refractivity contribution >= 4 is 17.5 Å². The van der Waals surface area contributed by atoms with E-state index in [1.165, 1.54) is 12.1 Å². The van der Waals surface area contributed by atoms with E-state index in [1.54, 1.807) is 29.2 Å². The molecule has 146 valence electrons. The van der Waals surface area contributed by atoms with E-state index in [0.717, 1.165) is 22.3 Å². The summed E-state index contributed by atoms with van der Waals surface area (Å²) in [5.41, 5.74) is 4.78. The van der Waals surface area contributed by atoms with E-state index in [2.05, 4.69) is 5.32 Å². The molecule has 1 N–H and O–H groups in total. The molecule has 1 aliphatic heterocycles. The number of nitrogens with zero attached hydrogens (tertiary/aromatic N) is 1. The monoisotopic (exact) mass is 388 g/mol. The van der Waals surface area contributed by atoms with Crippen LogP contribution >= 0.6 is 0 Å². The Labute approximate surface area is 169 Å². The maximum absolute atomic E-state index is 13.6. The third kappa shape index (κ3) is 3.76. The summed E-state index contributed by atoms with van der Waals surface area (Å²) in [4.78, 5) is 27.6. The summed E-state index contributed by atoms with van der Waals surface area (Å²) >= 11 is 0. The van der Waals surface area contributed by atoms with Gasteiger partial charge < -0.3 is 10.2 Å². The molecule has 4 rings (SSSR count). The Morgan fingerprint density at radius 3 is 2.31 bits per heavy atom. The smallest absolute Gasteiger partial charge is 0.255 e. The summed E-state index contributed by atoms with van der Waals surface area (Å²) in [5.74, 6) is -0.860. The van der Waals surface area contributed by atoms with E-state index in [4.69, 9.17) is 0 Å². The molecule has 2 amide bonds. The Morgan fingerprint density at radius 2 is 1.62 bits per heavy atom. The molecular weight excluding hydrogens is 367 g/mol. The molecule has 0 aliphatic carbocycles. The largest absolute Gasteiger partial charge is 0.324 e. The van der Waals surface area contributed by atoms with Crippen molar-refractivity contribution in [2.24, 2.45) is 0 Å². The number of hydrogen-bond acceptors (Lipinski definition) is 2. The lowest BCUT2D eigenvalue weighted by Crippen LogP contribution is -2.39. The van der Waals surface area contributed by atoms with E-state index in [0.29, 0.717) is 11.3 Å². The number of carbonyl (C=O) groups is 2. The first-order valence-corrected chi connectivity index (χ1v) is 9.46. The van der Waals surface area contributed by atoms with Crippen LogP contribution in [0.3, 0.4) is 0 Å². The first-order chi connectivity index (χ1) is 13.9. The van der Waals surface area contributed by atoms with Crippen molar-refractivity contribution < 1.29 is 14.0 Å². The molecule has 1 heterocycles. The van der Waals surface area contributed by atoms with Crippen LogP contribution in [0.25, 0.3) is 0 Å². The number of halogens is 1. The van der Waals surface area contributed by atoms with Gasteiger partial charge in [0, 0.05) is 16.8 Å². The highest BCUT2D eigenvalue weighted by atomic mass is 19.1. The van der Waals surface area contributed by atoms with E-state index < -0.39 is 6.04 Å². The molecular formula is C24H21FN2O2. The second-order valence-corrected chi connectivity index (χ2v) is 7.39. The van der Waals surface area contributed by atoms with Crippen molar-refractivity contribution in [3.63, 3.8) is 0 Å². The average Bonchev–Trinajstić information content (AvgIpc) is 2.84. The molecule has 5 heteroatoms. The number of fused-ring (bicyclic) bond motifs is 1. The fourth-order valence-corrected chi connectivity index (χ4v) is 3.68. The molecule has 0 saturated carbocycles. The van der Waals surface area contributed by atoms with Crippen molar-refractivity contribution in [3.05, 3.63) is 100 Å². The first-order valence-electron chi connectivity index (χ1n) is 9.46. The van der Waals surface area contributed by atoms with Gasteiger partial charge in [-0.15, -0.1) is 0 Å². The first kappa shape index (κ1) is 18.9. The predicted octanol–water partition coefficient (Wildman–Crippen LogP) is 4.63. The topological polar surface area (TPSA) is 49.4 Å². The van der Waals surface area contributed by atoms with Crippen LogP contribution in [0.1, 0.15) is 38.7 Å². The lowest BCUT2D eigenvalue weighted by molar-refractivity contribution is -0.117. The number of benzene rings is 3. The Bertz CT molecular complexity index is 1080. The fraction of sp³-hybridized carbons (Fsp3) is 0.167. The van der Waals surface area contributed by atoms with Gasteiger partial charge in [0.2, 0.25) is 5.91 Å². The van der Waals surface area contributed by atoms with Gasteiger partial charge in [-0.2, -0.15) is 0 Å². The van der Waals surface area contributed by atoms with Crippen molar-refractivity contribution in [1.29, 1.82) is 0 Å².